The largest absolute Gasteiger partial charge is 0.396 e. The second-order valence-corrected chi connectivity index (χ2v) is 4.97. The summed E-state index contributed by atoms with van der Waals surface area (Å²) in [5, 5.41) is 29.1. The first kappa shape index (κ1) is 15.0. The number of rotatable bonds is 2. The summed E-state index contributed by atoms with van der Waals surface area (Å²) < 4.78 is 0. The number of fused-ring (bicyclic) bond motifs is 1. The second kappa shape index (κ2) is 5.53. The number of aromatic nitrogens is 3. The van der Waals surface area contributed by atoms with E-state index in [0.29, 0.717) is 23.0 Å². The van der Waals surface area contributed by atoms with E-state index in [9.17, 15) is 20.1 Å². The maximum atomic E-state index is 11.6. The molecule has 1 aliphatic rings. The molecule has 4 atom stereocenters. The van der Waals surface area contributed by atoms with E-state index in [2.05, 4.69) is 15.0 Å². The smallest absolute Gasteiger partial charge is 0.275 e. The summed E-state index contributed by atoms with van der Waals surface area (Å²) in [6.07, 6.45) is 1.48. The number of halogens is 1. The van der Waals surface area contributed by atoms with Crippen molar-refractivity contribution in [3.8, 4) is 0 Å². The third-order valence-corrected chi connectivity index (χ3v) is 3.93. The summed E-state index contributed by atoms with van der Waals surface area (Å²) in [6, 6.07) is 0. The van der Waals surface area contributed by atoms with Crippen molar-refractivity contribution in [2.24, 2.45) is 5.92 Å². The van der Waals surface area contributed by atoms with E-state index in [4.69, 9.17) is 0 Å². The molecule has 7 nitrogen and oxygen atoms in total. The van der Waals surface area contributed by atoms with Gasteiger partial charge in [0.1, 0.15) is 5.52 Å². The van der Waals surface area contributed by atoms with E-state index in [0.717, 1.165) is 0 Å². The van der Waals surface area contributed by atoms with Crippen molar-refractivity contribution in [2.45, 2.75) is 24.5 Å². The Morgan fingerprint density at radius 1 is 1.30 bits per heavy atom. The number of aliphatic hydroxyl groups excluding tert-OH is 3. The van der Waals surface area contributed by atoms with Crippen molar-refractivity contribution in [1.29, 1.82) is 0 Å². The van der Waals surface area contributed by atoms with E-state index in [1.54, 1.807) is 6.20 Å². The average molecular weight is 302 g/mol. The summed E-state index contributed by atoms with van der Waals surface area (Å²) in [4.78, 5) is 21.0. The van der Waals surface area contributed by atoms with Gasteiger partial charge in [-0.2, -0.15) is 0 Å². The standard InChI is InChI=1S/C12H15N3O4.ClH/c16-3-5-1-6(11(18)10(5)17)7-2-13-9-8(7)14-4-15-12(9)19;/h2,4-6,10-11,13,16-18H,1,3H2,(H,14,15,19);1H/t5-,6+,10-,11+;/m1./s1. The van der Waals surface area contributed by atoms with Crippen molar-refractivity contribution in [3.05, 3.63) is 28.4 Å². The first-order chi connectivity index (χ1) is 9.13. The van der Waals surface area contributed by atoms with Crippen LogP contribution in [0.2, 0.25) is 0 Å². The lowest BCUT2D eigenvalue weighted by Crippen LogP contribution is -2.28. The molecule has 0 saturated heterocycles. The van der Waals surface area contributed by atoms with E-state index in [1.165, 1.54) is 6.33 Å². The predicted octanol–water partition coefficient (Wildman–Crippen LogP) is -0.509. The Morgan fingerprint density at radius 3 is 2.70 bits per heavy atom. The Kier molecular flexibility index (Phi) is 4.14. The van der Waals surface area contributed by atoms with Crippen molar-refractivity contribution in [2.75, 3.05) is 6.61 Å². The lowest BCUT2D eigenvalue weighted by molar-refractivity contribution is 0.00241. The van der Waals surface area contributed by atoms with Gasteiger partial charge in [-0.3, -0.25) is 4.79 Å². The van der Waals surface area contributed by atoms with Gasteiger partial charge in [0, 0.05) is 30.2 Å². The van der Waals surface area contributed by atoms with Gasteiger partial charge in [0.25, 0.3) is 5.56 Å². The summed E-state index contributed by atoms with van der Waals surface area (Å²) in [5.41, 5.74) is 1.27. The van der Waals surface area contributed by atoms with E-state index in [-0.39, 0.29) is 36.4 Å². The average Bonchev–Trinajstić information content (AvgIpc) is 2.94. The van der Waals surface area contributed by atoms with Crippen LogP contribution in [0.1, 0.15) is 17.9 Å². The normalized spacial score (nSPS) is 29.6. The van der Waals surface area contributed by atoms with Crippen molar-refractivity contribution in [3.63, 3.8) is 0 Å². The molecule has 2 aromatic heterocycles. The predicted molar refractivity (Wildman–Crippen MR) is 73.9 cm³/mol. The van der Waals surface area contributed by atoms with Crippen LogP contribution in [0.3, 0.4) is 0 Å². The molecule has 5 N–H and O–H groups in total. The maximum Gasteiger partial charge on any atom is 0.275 e. The number of aromatic amines is 2. The molecular formula is C12H16ClN3O4. The zero-order valence-electron chi connectivity index (χ0n) is 10.5. The maximum absolute atomic E-state index is 11.6. The third kappa shape index (κ3) is 2.12. The number of nitrogens with one attached hydrogen (secondary N) is 2. The third-order valence-electron chi connectivity index (χ3n) is 3.93. The van der Waals surface area contributed by atoms with E-state index in [1.807, 2.05) is 0 Å². The number of aliphatic hydroxyl groups is 3. The quantitative estimate of drug-likeness (QED) is 0.511. The first-order valence-corrected chi connectivity index (χ1v) is 6.15. The van der Waals surface area contributed by atoms with Crippen LogP contribution in [-0.2, 0) is 0 Å². The van der Waals surface area contributed by atoms with E-state index < -0.39 is 12.2 Å². The summed E-state index contributed by atoms with van der Waals surface area (Å²) in [6.45, 7) is -0.176. The lowest BCUT2D eigenvalue weighted by Gasteiger charge is -2.15. The molecule has 1 saturated carbocycles. The second-order valence-electron chi connectivity index (χ2n) is 4.97. The van der Waals surface area contributed by atoms with Gasteiger partial charge in [0.05, 0.1) is 24.1 Å². The number of hydrogen-bond acceptors (Lipinski definition) is 5. The molecule has 8 heteroatoms. The molecule has 0 bridgehead atoms. The molecular weight excluding hydrogens is 286 g/mol. The Labute approximate surface area is 120 Å². The van der Waals surface area contributed by atoms with Gasteiger partial charge in [-0.15, -0.1) is 12.4 Å². The number of H-pyrrole nitrogens is 2. The molecule has 20 heavy (non-hydrogen) atoms. The lowest BCUT2D eigenvalue weighted by atomic mass is 9.96. The fraction of sp³-hybridized carbons (Fsp3) is 0.500. The number of hydrogen-bond donors (Lipinski definition) is 5. The Balaban J connectivity index is 0.00000147. The van der Waals surface area contributed by atoms with Gasteiger partial charge in [0.15, 0.2) is 0 Å². The van der Waals surface area contributed by atoms with Crippen molar-refractivity contribution in [1.82, 2.24) is 15.0 Å². The molecule has 0 radical (unpaired) electrons. The summed E-state index contributed by atoms with van der Waals surface area (Å²) in [7, 11) is 0. The number of nitrogens with zero attached hydrogens (tertiary/aromatic N) is 1. The van der Waals surface area contributed by atoms with Crippen LogP contribution in [0, 0.1) is 5.92 Å². The molecule has 2 heterocycles. The van der Waals surface area contributed by atoms with Gasteiger partial charge in [-0.25, -0.2) is 4.98 Å². The fourth-order valence-corrected chi connectivity index (χ4v) is 2.87. The van der Waals surface area contributed by atoms with Gasteiger partial charge in [-0.05, 0) is 6.42 Å². The molecule has 2 aromatic rings. The minimum Gasteiger partial charge on any atom is -0.396 e. The topological polar surface area (TPSA) is 122 Å². The van der Waals surface area contributed by atoms with Crippen molar-refractivity contribution < 1.29 is 15.3 Å². The van der Waals surface area contributed by atoms with Gasteiger partial charge in [-0.1, -0.05) is 0 Å². The Hall–Kier alpha value is -1.41. The van der Waals surface area contributed by atoms with Gasteiger partial charge >= 0.3 is 0 Å². The molecule has 3 rings (SSSR count). The van der Waals surface area contributed by atoms with Crippen LogP contribution in [-0.4, -0.2) is 49.1 Å². The fourth-order valence-electron chi connectivity index (χ4n) is 2.87. The minimum atomic E-state index is -0.961. The highest BCUT2D eigenvalue weighted by molar-refractivity contribution is 5.85. The first-order valence-electron chi connectivity index (χ1n) is 6.15. The molecule has 1 aliphatic carbocycles. The molecule has 1 fully saturated rings. The molecule has 0 spiro atoms. The minimum absolute atomic E-state index is 0. The van der Waals surface area contributed by atoms with Crippen LogP contribution in [0.15, 0.2) is 17.3 Å². The monoisotopic (exact) mass is 301 g/mol. The highest BCUT2D eigenvalue weighted by Crippen LogP contribution is 2.40. The molecule has 0 unspecified atom stereocenters. The summed E-state index contributed by atoms with van der Waals surface area (Å²) >= 11 is 0. The Bertz CT molecular complexity index is 655. The van der Waals surface area contributed by atoms with Crippen molar-refractivity contribution >= 4 is 23.4 Å². The van der Waals surface area contributed by atoms with Gasteiger partial charge < -0.3 is 25.3 Å². The van der Waals surface area contributed by atoms with Crippen LogP contribution in [0.25, 0.3) is 11.0 Å². The summed E-state index contributed by atoms with van der Waals surface area (Å²) in [5.74, 6) is -0.692. The highest BCUT2D eigenvalue weighted by atomic mass is 35.5. The zero-order chi connectivity index (χ0) is 13.6. The van der Waals surface area contributed by atoms with Gasteiger partial charge in [0.2, 0.25) is 0 Å². The van der Waals surface area contributed by atoms with Crippen LogP contribution in [0.5, 0.6) is 0 Å². The Morgan fingerprint density at radius 2 is 2.05 bits per heavy atom. The van der Waals surface area contributed by atoms with E-state index >= 15 is 0 Å². The molecule has 0 amide bonds. The van der Waals surface area contributed by atoms with Crippen LogP contribution in [0.4, 0.5) is 0 Å². The molecule has 0 aromatic carbocycles. The van der Waals surface area contributed by atoms with Crippen LogP contribution < -0.4 is 5.56 Å². The molecule has 0 aliphatic heterocycles. The molecule has 110 valence electrons. The van der Waals surface area contributed by atoms with Crippen LogP contribution >= 0.6 is 12.4 Å². The zero-order valence-corrected chi connectivity index (χ0v) is 11.3. The SMILES string of the molecule is Cl.O=c1[nH]cnc2c([C@@H]3C[C@H](CO)[C@@H](O)[C@H]3O)c[nH]c12. The highest BCUT2D eigenvalue weighted by Gasteiger charge is 2.42.